The van der Waals surface area contributed by atoms with Gasteiger partial charge in [-0.2, -0.15) is 14.0 Å². The van der Waals surface area contributed by atoms with Crippen LogP contribution in [-0.2, 0) is 0 Å². The largest absolute Gasteiger partial charge is 0.494 e. The fraction of sp³-hybridized carbons (Fsp3) is 0.355. The van der Waals surface area contributed by atoms with Crippen LogP contribution in [-0.4, -0.2) is 64.8 Å². The second-order valence-corrected chi connectivity index (χ2v) is 11.8. The van der Waals surface area contributed by atoms with E-state index in [9.17, 15) is 13.6 Å². The average molecular weight is 598 g/mol. The normalized spacial score (nSPS) is 21.2. The Morgan fingerprint density at radius 3 is 2.45 bits per heavy atom. The number of H-pyrrole nitrogens is 1. The Bertz CT molecular complexity index is 1890. The van der Waals surface area contributed by atoms with Crippen molar-refractivity contribution in [2.45, 2.75) is 62.4 Å². The van der Waals surface area contributed by atoms with Crippen molar-refractivity contribution in [1.29, 1.82) is 0 Å². The zero-order valence-electron chi connectivity index (χ0n) is 23.9. The number of benzene rings is 1. The molecule has 224 valence electrons. The number of piperidine rings is 1. The number of halogens is 2. The molecule has 44 heavy (non-hydrogen) atoms. The third kappa shape index (κ3) is 4.13. The molecule has 2 aliphatic heterocycles. The lowest BCUT2D eigenvalue weighted by Gasteiger charge is -2.39. The van der Waals surface area contributed by atoms with Gasteiger partial charge in [0.15, 0.2) is 17.2 Å². The number of nitrogen functional groups attached to an aromatic ring is 1. The first-order valence-corrected chi connectivity index (χ1v) is 14.8. The lowest BCUT2D eigenvalue weighted by Crippen LogP contribution is -2.46. The van der Waals surface area contributed by atoms with Crippen LogP contribution >= 0.6 is 0 Å². The van der Waals surface area contributed by atoms with Crippen molar-refractivity contribution in [3.05, 3.63) is 71.7 Å². The Hall–Kier alpha value is -4.94. The van der Waals surface area contributed by atoms with Crippen LogP contribution < -0.4 is 10.5 Å². The van der Waals surface area contributed by atoms with Crippen LogP contribution in [0.5, 0.6) is 5.75 Å². The monoisotopic (exact) mass is 597 g/mol. The fourth-order valence-corrected chi connectivity index (χ4v) is 7.11. The molecule has 13 heteroatoms. The third-order valence-corrected chi connectivity index (χ3v) is 9.33. The van der Waals surface area contributed by atoms with Crippen LogP contribution in [0.3, 0.4) is 0 Å². The summed E-state index contributed by atoms with van der Waals surface area (Å²) in [5, 5.41) is 12.3. The number of ether oxygens (including phenoxy) is 1. The number of aromatic nitrogens is 7. The van der Waals surface area contributed by atoms with Gasteiger partial charge in [-0.1, -0.05) is 6.07 Å². The van der Waals surface area contributed by atoms with Gasteiger partial charge in [-0.15, -0.1) is 10.2 Å². The summed E-state index contributed by atoms with van der Waals surface area (Å²) in [4.78, 5) is 27.7. The molecule has 0 unspecified atom stereocenters. The molecule has 3 aliphatic rings. The summed E-state index contributed by atoms with van der Waals surface area (Å²) in [6.07, 6.45) is 10.3. The van der Waals surface area contributed by atoms with Crippen LogP contribution in [0.25, 0.3) is 28.0 Å². The maximum Gasteiger partial charge on any atom is 0.292 e. The number of fused-ring (bicyclic) bond motifs is 3. The number of hydrogen-bond acceptors (Lipinski definition) is 8. The molecular weight excluding hydrogens is 568 g/mol. The maximum absolute atomic E-state index is 14.7. The summed E-state index contributed by atoms with van der Waals surface area (Å²) < 4.78 is 35.6. The number of nitrogens with zero attached hydrogens (tertiary/aromatic N) is 7. The Kier molecular flexibility index (Phi) is 6.10. The third-order valence-electron chi connectivity index (χ3n) is 9.33. The molecule has 6 heterocycles. The van der Waals surface area contributed by atoms with Crippen molar-refractivity contribution in [3.63, 3.8) is 0 Å². The number of rotatable bonds is 6. The van der Waals surface area contributed by atoms with E-state index in [0.717, 1.165) is 60.9 Å². The van der Waals surface area contributed by atoms with E-state index in [1.807, 2.05) is 4.90 Å². The minimum atomic E-state index is -1.06. The molecule has 5 aromatic rings. The lowest BCUT2D eigenvalue weighted by molar-refractivity contribution is 0.0557. The molecule has 8 rings (SSSR count). The molecule has 4 aromatic heterocycles. The Labute approximate surface area is 250 Å². The predicted molar refractivity (Wildman–Crippen MR) is 156 cm³/mol. The number of amides is 1. The van der Waals surface area contributed by atoms with Crippen molar-refractivity contribution < 1.29 is 18.3 Å². The van der Waals surface area contributed by atoms with Gasteiger partial charge in [-0.05, 0) is 62.6 Å². The molecule has 0 radical (unpaired) electrons. The highest BCUT2D eigenvalue weighted by molar-refractivity contribution is 5.91. The average Bonchev–Trinajstić information content (AvgIpc) is 3.42. The smallest absolute Gasteiger partial charge is 0.292 e. The number of methoxy groups -OCH3 is 1. The first-order valence-electron chi connectivity index (χ1n) is 14.8. The molecule has 3 atom stereocenters. The highest BCUT2D eigenvalue weighted by Gasteiger charge is 2.46. The van der Waals surface area contributed by atoms with Crippen LogP contribution in [0.1, 0.15) is 72.2 Å². The van der Waals surface area contributed by atoms with E-state index in [4.69, 9.17) is 15.5 Å². The van der Waals surface area contributed by atoms with Gasteiger partial charge in [0.25, 0.3) is 5.91 Å². The van der Waals surface area contributed by atoms with Crippen molar-refractivity contribution in [2.75, 3.05) is 12.8 Å². The van der Waals surface area contributed by atoms with E-state index in [1.165, 1.54) is 25.6 Å². The van der Waals surface area contributed by atoms with Crippen molar-refractivity contribution in [1.82, 2.24) is 39.7 Å². The van der Waals surface area contributed by atoms with E-state index >= 15 is 0 Å². The standard InChI is InChI=1S/C31H29F2N9O2/c1-44-23-9-7-20(25(32)26(23)33)22-8-4-16(12-35-22)21-13-38-42-28(34)24(15-2-3-15)27(39-30(21)42)17-10-18-5-6-19(11-17)41(18)31(43)29-36-14-37-40-29/h4,7-9,12-15,17-19H,2-3,5-6,10-11,34H2,1H3,(H,36,37,40)/t17-,18+,19-. The molecule has 2 bridgehead atoms. The summed E-state index contributed by atoms with van der Waals surface area (Å²) in [6, 6.07) is 6.44. The van der Waals surface area contributed by atoms with Crippen molar-refractivity contribution in [3.8, 4) is 28.1 Å². The number of nitrogens with two attached hydrogens (primary N) is 1. The first-order chi connectivity index (χ1) is 21.4. The minimum absolute atomic E-state index is 0.0382. The van der Waals surface area contributed by atoms with Gasteiger partial charge in [0.05, 0.1) is 24.7 Å². The molecule has 2 saturated heterocycles. The second-order valence-electron chi connectivity index (χ2n) is 11.8. The molecule has 1 aliphatic carbocycles. The van der Waals surface area contributed by atoms with E-state index in [-0.39, 0.29) is 46.7 Å². The van der Waals surface area contributed by atoms with Crippen molar-refractivity contribution >= 4 is 17.4 Å². The van der Waals surface area contributed by atoms with Crippen LogP contribution in [0.2, 0.25) is 0 Å². The lowest BCUT2D eigenvalue weighted by atomic mass is 9.85. The number of aromatic amines is 1. The van der Waals surface area contributed by atoms with Gasteiger partial charge in [0, 0.05) is 46.5 Å². The fourth-order valence-electron chi connectivity index (χ4n) is 7.11. The highest BCUT2D eigenvalue weighted by Crippen LogP contribution is 2.50. The van der Waals surface area contributed by atoms with Gasteiger partial charge in [0.1, 0.15) is 12.1 Å². The van der Waals surface area contributed by atoms with Gasteiger partial charge in [-0.25, -0.2) is 9.37 Å². The summed E-state index contributed by atoms with van der Waals surface area (Å²) in [6.45, 7) is 0. The Balaban J connectivity index is 1.15. The highest BCUT2D eigenvalue weighted by atomic mass is 19.2. The first kappa shape index (κ1) is 26.7. The summed E-state index contributed by atoms with van der Waals surface area (Å²) in [5.41, 5.74) is 11.3. The van der Waals surface area contributed by atoms with Gasteiger partial charge in [0.2, 0.25) is 11.6 Å². The van der Waals surface area contributed by atoms with E-state index in [0.29, 0.717) is 17.4 Å². The number of pyridine rings is 1. The molecule has 1 amide bonds. The molecule has 3 fully saturated rings. The molecule has 1 saturated carbocycles. The maximum atomic E-state index is 14.7. The number of carbonyl (C=O) groups excluding carboxylic acids is 1. The van der Waals surface area contributed by atoms with Crippen LogP contribution in [0, 0.1) is 11.6 Å². The Morgan fingerprint density at radius 1 is 1.00 bits per heavy atom. The quantitative estimate of drug-likeness (QED) is 0.283. The van der Waals surface area contributed by atoms with Crippen LogP contribution in [0.4, 0.5) is 14.6 Å². The molecule has 0 spiro atoms. The number of anilines is 1. The molecule has 11 nitrogen and oxygen atoms in total. The summed E-state index contributed by atoms with van der Waals surface area (Å²) >= 11 is 0. The second kappa shape index (κ2) is 10.1. The van der Waals surface area contributed by atoms with Gasteiger partial charge >= 0.3 is 0 Å². The summed E-state index contributed by atoms with van der Waals surface area (Å²) in [5.74, 6) is -0.997. The van der Waals surface area contributed by atoms with E-state index < -0.39 is 11.6 Å². The number of hydrogen-bond donors (Lipinski definition) is 2. The molecule has 1 aromatic carbocycles. The molecular formula is C31H29F2N9O2. The van der Waals surface area contributed by atoms with E-state index in [2.05, 4.69) is 25.3 Å². The van der Waals surface area contributed by atoms with Crippen LogP contribution in [0.15, 0.2) is 43.0 Å². The van der Waals surface area contributed by atoms with Crippen molar-refractivity contribution in [2.24, 2.45) is 0 Å². The molecule has 3 N–H and O–H groups in total. The SMILES string of the molecule is COc1ccc(-c2ccc(-c3cnn4c(N)c(C5CC5)c([C@H]5C[C@H]6CC[C@@H](C5)N6C(=O)c5nnc[nH]5)nc34)cn2)c(F)c1F. The topological polar surface area (TPSA) is 140 Å². The van der Waals surface area contributed by atoms with Gasteiger partial charge in [-0.3, -0.25) is 9.78 Å². The Morgan fingerprint density at radius 2 is 1.80 bits per heavy atom. The zero-order valence-corrected chi connectivity index (χ0v) is 23.9. The number of nitrogens with one attached hydrogen (secondary N) is 1. The van der Waals surface area contributed by atoms with Gasteiger partial charge < -0.3 is 20.4 Å². The minimum Gasteiger partial charge on any atom is -0.494 e. The number of carbonyl (C=O) groups is 1. The zero-order chi connectivity index (χ0) is 30.1. The predicted octanol–water partition coefficient (Wildman–Crippen LogP) is 4.87. The van der Waals surface area contributed by atoms with E-state index in [1.54, 1.807) is 29.0 Å². The summed E-state index contributed by atoms with van der Waals surface area (Å²) in [7, 11) is 1.29.